The number of hydrogen-bond acceptors (Lipinski definition) is 2. The van der Waals surface area contributed by atoms with E-state index in [0.717, 1.165) is 28.6 Å². The molecule has 2 aromatic rings. The number of Topliss-reactive ketones (excluding diaryl/α,β-unsaturated/α-hetero) is 1. The van der Waals surface area contributed by atoms with Gasteiger partial charge in [-0.1, -0.05) is 0 Å². The zero-order chi connectivity index (χ0) is 11.1. The van der Waals surface area contributed by atoms with Crippen molar-refractivity contribution >= 4 is 16.7 Å². The highest BCUT2D eigenvalue weighted by Gasteiger charge is 2.20. The summed E-state index contributed by atoms with van der Waals surface area (Å²) >= 11 is 0. The molecule has 78 valence electrons. The lowest BCUT2D eigenvalue weighted by molar-refractivity contribution is -0.118. The molecule has 0 fully saturated rings. The van der Waals surface area contributed by atoms with Gasteiger partial charge in [-0.2, -0.15) is 5.26 Å². The van der Waals surface area contributed by atoms with E-state index in [2.05, 4.69) is 11.1 Å². The van der Waals surface area contributed by atoms with E-state index >= 15 is 0 Å². The zero-order valence-electron chi connectivity index (χ0n) is 8.71. The Morgan fingerprint density at radius 2 is 2.19 bits per heavy atom. The third kappa shape index (κ3) is 1.24. The number of fused-ring (bicyclic) bond motifs is 3. The number of benzene rings is 1. The Labute approximate surface area is 92.7 Å². The summed E-state index contributed by atoms with van der Waals surface area (Å²) in [6.07, 6.45) is 1.93. The van der Waals surface area contributed by atoms with Crippen molar-refractivity contribution in [1.29, 1.82) is 5.26 Å². The van der Waals surface area contributed by atoms with Crippen LogP contribution >= 0.6 is 0 Å². The van der Waals surface area contributed by atoms with Crippen LogP contribution in [0.4, 0.5) is 0 Å². The lowest BCUT2D eigenvalue weighted by Gasteiger charge is -2.09. The Bertz CT molecular complexity index is 631. The number of aryl methyl sites for hydroxylation is 1. The molecule has 0 aliphatic heterocycles. The van der Waals surface area contributed by atoms with Crippen LogP contribution in [0.1, 0.15) is 23.2 Å². The Morgan fingerprint density at radius 3 is 3.00 bits per heavy atom. The number of ketones is 1. The Morgan fingerprint density at radius 1 is 1.31 bits per heavy atom. The van der Waals surface area contributed by atoms with Crippen molar-refractivity contribution in [2.24, 2.45) is 0 Å². The minimum absolute atomic E-state index is 0.288. The van der Waals surface area contributed by atoms with Gasteiger partial charge in [0.1, 0.15) is 5.78 Å². The predicted molar refractivity (Wildman–Crippen MR) is 60.0 cm³/mol. The summed E-state index contributed by atoms with van der Waals surface area (Å²) in [6, 6.07) is 7.70. The van der Waals surface area contributed by atoms with Gasteiger partial charge in [0.25, 0.3) is 0 Å². The third-order valence-corrected chi connectivity index (χ3v) is 3.15. The van der Waals surface area contributed by atoms with Gasteiger partial charge >= 0.3 is 0 Å². The lowest BCUT2D eigenvalue weighted by atomic mass is 9.94. The summed E-state index contributed by atoms with van der Waals surface area (Å²) in [5.74, 6) is 0.288. The van der Waals surface area contributed by atoms with Crippen LogP contribution in [-0.2, 0) is 17.6 Å². The second-order valence-electron chi connectivity index (χ2n) is 4.17. The molecule has 1 aromatic heterocycles. The first-order valence-corrected chi connectivity index (χ1v) is 5.33. The van der Waals surface area contributed by atoms with Crippen molar-refractivity contribution in [1.82, 2.24) is 4.98 Å². The van der Waals surface area contributed by atoms with Gasteiger partial charge in [0, 0.05) is 29.4 Å². The Balaban J connectivity index is 2.28. The van der Waals surface area contributed by atoms with E-state index in [4.69, 9.17) is 5.26 Å². The molecule has 0 saturated carbocycles. The summed E-state index contributed by atoms with van der Waals surface area (Å²) in [7, 11) is 0. The third-order valence-electron chi connectivity index (χ3n) is 3.15. The van der Waals surface area contributed by atoms with Crippen LogP contribution in [0, 0.1) is 11.3 Å². The van der Waals surface area contributed by atoms with Gasteiger partial charge in [0.15, 0.2) is 0 Å². The van der Waals surface area contributed by atoms with Crippen molar-refractivity contribution in [3.63, 3.8) is 0 Å². The second-order valence-corrected chi connectivity index (χ2v) is 4.17. The number of nitriles is 1. The van der Waals surface area contributed by atoms with Crippen LogP contribution in [0.25, 0.3) is 10.9 Å². The molecule has 0 radical (unpaired) electrons. The minimum atomic E-state index is 0.288. The maximum absolute atomic E-state index is 11.4. The summed E-state index contributed by atoms with van der Waals surface area (Å²) in [4.78, 5) is 14.8. The molecule has 1 heterocycles. The quantitative estimate of drug-likeness (QED) is 0.723. The van der Waals surface area contributed by atoms with Gasteiger partial charge in [-0.05, 0) is 30.2 Å². The fraction of sp³-hybridized carbons (Fsp3) is 0.231. The van der Waals surface area contributed by atoms with Crippen molar-refractivity contribution in [3.8, 4) is 6.07 Å². The number of aromatic amines is 1. The van der Waals surface area contributed by atoms with E-state index in [1.165, 1.54) is 0 Å². The average Bonchev–Trinajstić information content (AvgIpc) is 2.66. The van der Waals surface area contributed by atoms with Crippen molar-refractivity contribution in [3.05, 3.63) is 35.0 Å². The second kappa shape index (κ2) is 3.21. The van der Waals surface area contributed by atoms with Crippen LogP contribution in [0.5, 0.6) is 0 Å². The van der Waals surface area contributed by atoms with Crippen molar-refractivity contribution in [2.45, 2.75) is 19.3 Å². The van der Waals surface area contributed by atoms with Gasteiger partial charge in [0.05, 0.1) is 11.6 Å². The SMILES string of the molecule is N#Cc1ccc2[nH]c3c(c2c1)CC(=O)CC3. The van der Waals surface area contributed by atoms with Crippen molar-refractivity contribution < 1.29 is 4.79 Å². The summed E-state index contributed by atoms with van der Waals surface area (Å²) in [6.45, 7) is 0. The first kappa shape index (κ1) is 9.17. The van der Waals surface area contributed by atoms with E-state index in [-0.39, 0.29) is 5.78 Å². The summed E-state index contributed by atoms with van der Waals surface area (Å²) in [5, 5.41) is 9.89. The van der Waals surface area contributed by atoms with E-state index in [0.29, 0.717) is 18.4 Å². The number of H-pyrrole nitrogens is 1. The Hall–Kier alpha value is -2.08. The van der Waals surface area contributed by atoms with Gasteiger partial charge in [-0.25, -0.2) is 0 Å². The van der Waals surface area contributed by atoms with Crippen LogP contribution in [0.3, 0.4) is 0 Å². The number of nitrogens with zero attached hydrogens (tertiary/aromatic N) is 1. The topological polar surface area (TPSA) is 56.6 Å². The molecule has 0 amide bonds. The lowest BCUT2D eigenvalue weighted by Crippen LogP contribution is -2.12. The van der Waals surface area contributed by atoms with Gasteiger partial charge in [0.2, 0.25) is 0 Å². The molecule has 0 atom stereocenters. The van der Waals surface area contributed by atoms with Crippen LogP contribution < -0.4 is 0 Å². The molecular weight excluding hydrogens is 200 g/mol. The van der Waals surface area contributed by atoms with E-state index in [9.17, 15) is 4.79 Å². The molecule has 3 rings (SSSR count). The molecule has 3 nitrogen and oxygen atoms in total. The highest BCUT2D eigenvalue weighted by atomic mass is 16.1. The van der Waals surface area contributed by atoms with E-state index in [1.807, 2.05) is 12.1 Å². The zero-order valence-corrected chi connectivity index (χ0v) is 8.71. The monoisotopic (exact) mass is 210 g/mol. The number of aromatic nitrogens is 1. The maximum Gasteiger partial charge on any atom is 0.137 e. The predicted octanol–water partition coefficient (Wildman–Crippen LogP) is 2.10. The summed E-state index contributed by atoms with van der Waals surface area (Å²) in [5.41, 5.74) is 3.92. The maximum atomic E-state index is 11.4. The molecule has 1 N–H and O–H groups in total. The first-order chi connectivity index (χ1) is 7.78. The highest BCUT2D eigenvalue weighted by Crippen LogP contribution is 2.28. The molecule has 1 aliphatic rings. The van der Waals surface area contributed by atoms with E-state index in [1.54, 1.807) is 6.07 Å². The molecule has 0 bridgehead atoms. The average molecular weight is 210 g/mol. The molecule has 0 spiro atoms. The molecule has 1 aromatic carbocycles. The molecule has 0 saturated heterocycles. The highest BCUT2D eigenvalue weighted by molar-refractivity contribution is 5.93. The fourth-order valence-corrected chi connectivity index (χ4v) is 2.34. The number of carbonyl (C=O) groups is 1. The number of nitrogens with one attached hydrogen (secondary N) is 1. The van der Waals surface area contributed by atoms with Crippen LogP contribution in [-0.4, -0.2) is 10.8 Å². The number of carbonyl (C=O) groups excluding carboxylic acids is 1. The van der Waals surface area contributed by atoms with Crippen LogP contribution in [0.15, 0.2) is 18.2 Å². The summed E-state index contributed by atoms with van der Waals surface area (Å²) < 4.78 is 0. The molecule has 3 heteroatoms. The standard InChI is InChI=1S/C13H10N2O/c14-7-8-1-3-12-10(5-8)11-6-9(16)2-4-13(11)15-12/h1,3,5,15H,2,4,6H2. The number of rotatable bonds is 0. The van der Waals surface area contributed by atoms with Gasteiger partial charge < -0.3 is 4.98 Å². The van der Waals surface area contributed by atoms with Gasteiger partial charge in [-0.15, -0.1) is 0 Å². The smallest absolute Gasteiger partial charge is 0.137 e. The number of hydrogen-bond donors (Lipinski definition) is 1. The largest absolute Gasteiger partial charge is 0.358 e. The van der Waals surface area contributed by atoms with E-state index < -0.39 is 0 Å². The minimum Gasteiger partial charge on any atom is -0.358 e. The fourth-order valence-electron chi connectivity index (χ4n) is 2.34. The molecular formula is C13H10N2O. The van der Waals surface area contributed by atoms with Crippen LogP contribution in [0.2, 0.25) is 0 Å². The molecule has 16 heavy (non-hydrogen) atoms. The first-order valence-electron chi connectivity index (χ1n) is 5.33. The molecule has 1 aliphatic carbocycles. The van der Waals surface area contributed by atoms with Gasteiger partial charge in [-0.3, -0.25) is 4.79 Å². The van der Waals surface area contributed by atoms with Crippen molar-refractivity contribution in [2.75, 3.05) is 0 Å². The normalized spacial score (nSPS) is 14.8. The Kier molecular flexibility index (Phi) is 1.84. The molecule has 0 unspecified atom stereocenters.